The molecule has 0 unspecified atom stereocenters. The van der Waals surface area contributed by atoms with Gasteiger partial charge in [-0.3, -0.25) is 4.99 Å². The molecule has 0 spiro atoms. The Balaban J connectivity index is 1.81. The van der Waals surface area contributed by atoms with E-state index in [1.54, 1.807) is 18.3 Å². The fourth-order valence-electron chi connectivity index (χ4n) is 2.95. The predicted molar refractivity (Wildman–Crippen MR) is 100 cm³/mol. The standard InChI is InChI=1S/C21H15NO3/c1-13-10-21(24)25-20-11-15(7-8-16(13)20)22-12-18-17-5-3-2-4-14(17)6-9-19(18)23/h2-12,23H,1H3. The van der Waals surface area contributed by atoms with E-state index in [0.29, 0.717) is 16.8 Å². The molecule has 0 radical (unpaired) electrons. The van der Waals surface area contributed by atoms with Crippen LogP contribution in [0.1, 0.15) is 11.1 Å². The summed E-state index contributed by atoms with van der Waals surface area (Å²) in [5.41, 5.74) is 2.30. The molecule has 25 heavy (non-hydrogen) atoms. The Morgan fingerprint density at radius 2 is 1.84 bits per heavy atom. The molecule has 1 heterocycles. The average Bonchev–Trinajstić information content (AvgIpc) is 2.60. The zero-order valence-electron chi connectivity index (χ0n) is 13.6. The number of aryl methyl sites for hydroxylation is 1. The van der Waals surface area contributed by atoms with E-state index in [0.717, 1.165) is 21.7 Å². The average molecular weight is 329 g/mol. The molecule has 1 aromatic heterocycles. The summed E-state index contributed by atoms with van der Waals surface area (Å²) in [5.74, 6) is 0.172. The largest absolute Gasteiger partial charge is 0.507 e. The summed E-state index contributed by atoms with van der Waals surface area (Å²) in [6.07, 6.45) is 1.63. The summed E-state index contributed by atoms with van der Waals surface area (Å²) < 4.78 is 5.25. The lowest BCUT2D eigenvalue weighted by molar-refractivity contribution is 0.475. The van der Waals surface area contributed by atoms with Gasteiger partial charge in [-0.05, 0) is 41.5 Å². The van der Waals surface area contributed by atoms with E-state index in [9.17, 15) is 9.90 Å². The summed E-state index contributed by atoms with van der Waals surface area (Å²) in [6.45, 7) is 1.87. The molecule has 0 atom stereocenters. The molecule has 4 rings (SSSR count). The second kappa shape index (κ2) is 5.91. The number of rotatable bonds is 2. The molecule has 0 aliphatic heterocycles. The third kappa shape index (κ3) is 2.78. The van der Waals surface area contributed by atoms with Gasteiger partial charge >= 0.3 is 5.63 Å². The maximum absolute atomic E-state index is 11.5. The molecule has 4 nitrogen and oxygen atoms in total. The van der Waals surface area contributed by atoms with Crippen molar-refractivity contribution in [3.8, 4) is 5.75 Å². The molecular weight excluding hydrogens is 314 g/mol. The highest BCUT2D eigenvalue weighted by atomic mass is 16.4. The molecule has 0 aliphatic carbocycles. The third-order valence-corrected chi connectivity index (χ3v) is 4.23. The molecule has 4 aromatic rings. The highest BCUT2D eigenvalue weighted by Crippen LogP contribution is 2.27. The summed E-state index contributed by atoms with van der Waals surface area (Å²) in [6, 6.07) is 18.3. The highest BCUT2D eigenvalue weighted by Gasteiger charge is 2.05. The Labute approximate surface area is 143 Å². The number of fused-ring (bicyclic) bond motifs is 2. The lowest BCUT2D eigenvalue weighted by atomic mass is 10.0. The van der Waals surface area contributed by atoms with E-state index >= 15 is 0 Å². The summed E-state index contributed by atoms with van der Waals surface area (Å²) in [5, 5.41) is 13.0. The van der Waals surface area contributed by atoms with Crippen molar-refractivity contribution in [1.29, 1.82) is 0 Å². The van der Waals surface area contributed by atoms with E-state index in [2.05, 4.69) is 4.99 Å². The van der Waals surface area contributed by atoms with Gasteiger partial charge in [-0.1, -0.05) is 30.3 Å². The van der Waals surface area contributed by atoms with Crippen molar-refractivity contribution >= 4 is 33.6 Å². The highest BCUT2D eigenvalue weighted by molar-refractivity contribution is 6.03. The van der Waals surface area contributed by atoms with Gasteiger partial charge in [-0.25, -0.2) is 4.79 Å². The second-order valence-corrected chi connectivity index (χ2v) is 5.91. The molecule has 0 bridgehead atoms. The quantitative estimate of drug-likeness (QED) is 0.428. The number of phenolic OH excluding ortho intramolecular Hbond substituents is 1. The van der Waals surface area contributed by atoms with E-state index in [-0.39, 0.29) is 11.4 Å². The van der Waals surface area contributed by atoms with Crippen LogP contribution in [0.5, 0.6) is 5.75 Å². The van der Waals surface area contributed by atoms with Gasteiger partial charge in [0, 0.05) is 29.3 Å². The summed E-state index contributed by atoms with van der Waals surface area (Å²) >= 11 is 0. The van der Waals surface area contributed by atoms with E-state index in [1.807, 2.05) is 49.4 Å². The minimum absolute atomic E-state index is 0.172. The number of aliphatic imine (C=N–C) groups is 1. The van der Waals surface area contributed by atoms with Gasteiger partial charge in [0.25, 0.3) is 0 Å². The van der Waals surface area contributed by atoms with Gasteiger partial charge in [0.1, 0.15) is 11.3 Å². The maximum Gasteiger partial charge on any atom is 0.336 e. The van der Waals surface area contributed by atoms with Crippen molar-refractivity contribution in [2.75, 3.05) is 0 Å². The lowest BCUT2D eigenvalue weighted by Gasteiger charge is -2.05. The first-order valence-corrected chi connectivity index (χ1v) is 7.91. The van der Waals surface area contributed by atoms with Gasteiger partial charge in [0.05, 0.1) is 5.69 Å². The Morgan fingerprint density at radius 3 is 2.72 bits per heavy atom. The molecule has 3 aromatic carbocycles. The van der Waals surface area contributed by atoms with E-state index < -0.39 is 0 Å². The predicted octanol–water partition coefficient (Wildman–Crippen LogP) is 4.71. The van der Waals surface area contributed by atoms with Gasteiger partial charge in [-0.15, -0.1) is 0 Å². The normalized spacial score (nSPS) is 11.6. The van der Waals surface area contributed by atoms with E-state index in [4.69, 9.17) is 4.42 Å². The van der Waals surface area contributed by atoms with E-state index in [1.165, 1.54) is 6.07 Å². The molecular formula is C21H15NO3. The number of aromatic hydroxyl groups is 1. The Morgan fingerprint density at radius 1 is 1.00 bits per heavy atom. The fourth-order valence-corrected chi connectivity index (χ4v) is 2.95. The Hall–Kier alpha value is -3.40. The van der Waals surface area contributed by atoms with Crippen LogP contribution in [0.4, 0.5) is 5.69 Å². The molecule has 0 amide bonds. The first-order chi connectivity index (χ1) is 12.1. The number of nitrogens with zero attached hydrogens (tertiary/aromatic N) is 1. The van der Waals surface area contributed by atoms with Crippen molar-refractivity contribution in [3.63, 3.8) is 0 Å². The number of phenols is 1. The first kappa shape index (κ1) is 15.1. The van der Waals surface area contributed by atoms with Crippen molar-refractivity contribution in [2.45, 2.75) is 6.92 Å². The van der Waals surface area contributed by atoms with Crippen LogP contribution >= 0.6 is 0 Å². The molecule has 1 N–H and O–H groups in total. The SMILES string of the molecule is Cc1cc(=O)oc2cc(N=Cc3c(O)ccc4ccccc34)ccc12. The van der Waals surface area contributed by atoms with Crippen LogP contribution in [0.3, 0.4) is 0 Å². The van der Waals surface area contributed by atoms with Crippen molar-refractivity contribution in [1.82, 2.24) is 0 Å². The Bertz CT molecular complexity index is 1190. The number of hydrogen-bond acceptors (Lipinski definition) is 4. The molecule has 4 heteroatoms. The zero-order chi connectivity index (χ0) is 17.4. The molecule has 0 saturated heterocycles. The van der Waals surface area contributed by atoms with Crippen LogP contribution in [0.15, 0.2) is 74.9 Å². The first-order valence-electron chi connectivity index (χ1n) is 7.91. The number of benzene rings is 3. The second-order valence-electron chi connectivity index (χ2n) is 5.91. The molecule has 0 fully saturated rings. The molecule has 122 valence electrons. The lowest BCUT2D eigenvalue weighted by Crippen LogP contribution is -1.97. The van der Waals surface area contributed by atoms with Crippen LogP contribution in [0.25, 0.3) is 21.7 Å². The molecule has 0 saturated carbocycles. The Kier molecular flexibility index (Phi) is 3.58. The van der Waals surface area contributed by atoms with Gasteiger partial charge in [-0.2, -0.15) is 0 Å². The molecule has 0 aliphatic rings. The fraction of sp³-hybridized carbons (Fsp3) is 0.0476. The third-order valence-electron chi connectivity index (χ3n) is 4.23. The smallest absolute Gasteiger partial charge is 0.336 e. The minimum atomic E-state index is -0.377. The maximum atomic E-state index is 11.5. The zero-order valence-corrected chi connectivity index (χ0v) is 13.6. The minimum Gasteiger partial charge on any atom is -0.507 e. The van der Waals surface area contributed by atoms with Crippen molar-refractivity contribution in [2.24, 2.45) is 4.99 Å². The van der Waals surface area contributed by atoms with Gasteiger partial charge in [0.15, 0.2) is 0 Å². The van der Waals surface area contributed by atoms with Crippen LogP contribution in [-0.2, 0) is 0 Å². The van der Waals surface area contributed by atoms with Crippen molar-refractivity contribution in [3.05, 3.63) is 82.2 Å². The monoisotopic (exact) mass is 329 g/mol. The topological polar surface area (TPSA) is 62.8 Å². The van der Waals surface area contributed by atoms with Crippen LogP contribution in [0, 0.1) is 6.92 Å². The van der Waals surface area contributed by atoms with Crippen LogP contribution in [0.2, 0.25) is 0 Å². The summed E-state index contributed by atoms with van der Waals surface area (Å²) in [7, 11) is 0. The van der Waals surface area contributed by atoms with Crippen LogP contribution in [-0.4, -0.2) is 11.3 Å². The van der Waals surface area contributed by atoms with Crippen LogP contribution < -0.4 is 5.63 Å². The van der Waals surface area contributed by atoms with Crippen molar-refractivity contribution < 1.29 is 9.52 Å². The summed E-state index contributed by atoms with van der Waals surface area (Å²) in [4.78, 5) is 16.0. The number of hydrogen-bond donors (Lipinski definition) is 1. The van der Waals surface area contributed by atoms with Gasteiger partial charge < -0.3 is 9.52 Å². The van der Waals surface area contributed by atoms with Gasteiger partial charge in [0.2, 0.25) is 0 Å².